The number of aromatic nitrogens is 3. The molecule has 132 valence electrons. The number of carbonyl (C=O) groups is 1. The Hall–Kier alpha value is -2.76. The van der Waals surface area contributed by atoms with Crippen molar-refractivity contribution in [2.45, 2.75) is 39.9 Å². The van der Waals surface area contributed by atoms with Crippen LogP contribution in [0.2, 0.25) is 0 Å². The molecule has 3 aromatic rings. The lowest BCUT2D eigenvalue weighted by atomic mass is 10.1. The summed E-state index contributed by atoms with van der Waals surface area (Å²) >= 11 is 0. The molecule has 0 spiro atoms. The standard InChI is InChI=1S/C19H25N5O/c1-4-23(12-15-11-21-24(5-2)13-15)19(25)22-14(3)16-6-7-18-17(10-16)8-9-20-18/h6-11,13-14,20H,4-5,12H2,1-3H3,(H,22,25)/t14-/m1/s1. The molecule has 2 amide bonds. The van der Waals surface area contributed by atoms with E-state index in [1.807, 2.05) is 62.2 Å². The van der Waals surface area contributed by atoms with Crippen molar-refractivity contribution in [1.82, 2.24) is 25.0 Å². The van der Waals surface area contributed by atoms with Gasteiger partial charge in [-0.05, 0) is 49.9 Å². The van der Waals surface area contributed by atoms with Gasteiger partial charge in [-0.15, -0.1) is 0 Å². The Morgan fingerprint density at radius 1 is 1.36 bits per heavy atom. The number of amides is 2. The summed E-state index contributed by atoms with van der Waals surface area (Å²) < 4.78 is 1.87. The van der Waals surface area contributed by atoms with Gasteiger partial charge >= 0.3 is 6.03 Å². The molecular formula is C19H25N5O. The number of nitrogens with zero attached hydrogens (tertiary/aromatic N) is 3. The Kier molecular flexibility index (Phi) is 5.07. The molecule has 3 rings (SSSR count). The van der Waals surface area contributed by atoms with Gasteiger partial charge in [0.05, 0.1) is 18.8 Å². The lowest BCUT2D eigenvalue weighted by Gasteiger charge is -2.24. The first kappa shape index (κ1) is 17.1. The average molecular weight is 339 g/mol. The smallest absolute Gasteiger partial charge is 0.318 e. The fourth-order valence-electron chi connectivity index (χ4n) is 2.91. The predicted molar refractivity (Wildman–Crippen MR) is 99.2 cm³/mol. The van der Waals surface area contributed by atoms with Crippen LogP contribution in [-0.2, 0) is 13.1 Å². The molecule has 0 aliphatic heterocycles. The van der Waals surface area contributed by atoms with Crippen molar-refractivity contribution in [1.29, 1.82) is 0 Å². The lowest BCUT2D eigenvalue weighted by Crippen LogP contribution is -2.40. The van der Waals surface area contributed by atoms with Gasteiger partial charge < -0.3 is 15.2 Å². The number of hydrogen-bond donors (Lipinski definition) is 2. The molecule has 0 bridgehead atoms. The van der Waals surface area contributed by atoms with E-state index in [4.69, 9.17) is 0 Å². The highest BCUT2D eigenvalue weighted by Gasteiger charge is 2.16. The third-order valence-corrected chi connectivity index (χ3v) is 4.47. The normalized spacial score (nSPS) is 12.3. The predicted octanol–water partition coefficient (Wildman–Crippen LogP) is 3.68. The minimum atomic E-state index is -0.0617. The van der Waals surface area contributed by atoms with Gasteiger partial charge in [0.25, 0.3) is 0 Å². The third kappa shape index (κ3) is 3.84. The zero-order chi connectivity index (χ0) is 17.8. The number of aromatic amines is 1. The number of fused-ring (bicyclic) bond motifs is 1. The number of nitrogens with one attached hydrogen (secondary N) is 2. The van der Waals surface area contributed by atoms with Gasteiger partial charge in [-0.25, -0.2) is 4.79 Å². The Bertz CT molecular complexity index is 850. The van der Waals surface area contributed by atoms with E-state index in [1.165, 1.54) is 0 Å². The largest absolute Gasteiger partial charge is 0.361 e. The molecule has 0 aliphatic rings. The van der Waals surface area contributed by atoms with Crippen LogP contribution in [0.25, 0.3) is 10.9 Å². The van der Waals surface area contributed by atoms with E-state index in [2.05, 4.69) is 21.5 Å². The number of H-pyrrole nitrogens is 1. The van der Waals surface area contributed by atoms with E-state index in [0.717, 1.165) is 28.6 Å². The van der Waals surface area contributed by atoms with Gasteiger partial charge in [-0.3, -0.25) is 4.68 Å². The van der Waals surface area contributed by atoms with Crippen molar-refractivity contribution in [2.24, 2.45) is 0 Å². The van der Waals surface area contributed by atoms with Crippen LogP contribution in [0.3, 0.4) is 0 Å². The number of aryl methyl sites for hydroxylation is 1. The summed E-state index contributed by atoms with van der Waals surface area (Å²) in [6, 6.07) is 8.12. The highest BCUT2D eigenvalue weighted by atomic mass is 16.2. The molecule has 6 nitrogen and oxygen atoms in total. The summed E-state index contributed by atoms with van der Waals surface area (Å²) in [5.41, 5.74) is 3.24. The number of rotatable bonds is 6. The Balaban J connectivity index is 1.65. The third-order valence-electron chi connectivity index (χ3n) is 4.47. The fraction of sp³-hybridized carbons (Fsp3) is 0.368. The second-order valence-electron chi connectivity index (χ2n) is 6.21. The average Bonchev–Trinajstić information content (AvgIpc) is 3.27. The minimum absolute atomic E-state index is 0.0563. The Morgan fingerprint density at radius 3 is 2.92 bits per heavy atom. The Morgan fingerprint density at radius 2 is 2.20 bits per heavy atom. The van der Waals surface area contributed by atoms with Crippen LogP contribution in [0.1, 0.15) is 37.9 Å². The SMILES string of the molecule is CCN(Cc1cnn(CC)c1)C(=O)N[C@H](C)c1ccc2[nH]ccc2c1. The van der Waals surface area contributed by atoms with Gasteiger partial charge in [0, 0.05) is 36.6 Å². The number of carbonyl (C=O) groups excluding carboxylic acids is 1. The van der Waals surface area contributed by atoms with Crippen molar-refractivity contribution in [3.8, 4) is 0 Å². The van der Waals surface area contributed by atoms with Gasteiger partial charge in [0.15, 0.2) is 0 Å². The summed E-state index contributed by atoms with van der Waals surface area (Å²) in [6.07, 6.45) is 5.73. The second kappa shape index (κ2) is 7.42. The van der Waals surface area contributed by atoms with Crippen LogP contribution in [-0.4, -0.2) is 32.2 Å². The highest BCUT2D eigenvalue weighted by Crippen LogP contribution is 2.19. The molecule has 25 heavy (non-hydrogen) atoms. The van der Waals surface area contributed by atoms with Crippen LogP contribution >= 0.6 is 0 Å². The zero-order valence-electron chi connectivity index (χ0n) is 15.0. The fourth-order valence-corrected chi connectivity index (χ4v) is 2.91. The van der Waals surface area contributed by atoms with Crippen LogP contribution in [0.15, 0.2) is 42.9 Å². The van der Waals surface area contributed by atoms with Crippen LogP contribution in [0.5, 0.6) is 0 Å². The topological polar surface area (TPSA) is 66.0 Å². The van der Waals surface area contributed by atoms with Crippen molar-refractivity contribution < 1.29 is 4.79 Å². The lowest BCUT2D eigenvalue weighted by molar-refractivity contribution is 0.195. The van der Waals surface area contributed by atoms with Crippen molar-refractivity contribution in [2.75, 3.05) is 6.54 Å². The number of urea groups is 1. The molecular weight excluding hydrogens is 314 g/mol. The quantitative estimate of drug-likeness (QED) is 0.719. The summed E-state index contributed by atoms with van der Waals surface area (Å²) in [5.74, 6) is 0. The van der Waals surface area contributed by atoms with E-state index >= 15 is 0 Å². The first-order valence-electron chi connectivity index (χ1n) is 8.74. The molecule has 1 aromatic carbocycles. The molecule has 0 radical (unpaired) electrons. The van der Waals surface area contributed by atoms with E-state index in [-0.39, 0.29) is 12.1 Å². The molecule has 0 saturated heterocycles. The van der Waals surface area contributed by atoms with Gasteiger partial charge in [0.1, 0.15) is 0 Å². The molecule has 0 unspecified atom stereocenters. The van der Waals surface area contributed by atoms with Crippen LogP contribution in [0, 0.1) is 0 Å². The number of benzene rings is 1. The Labute approximate surface area is 147 Å². The van der Waals surface area contributed by atoms with Crippen molar-refractivity contribution in [3.63, 3.8) is 0 Å². The van der Waals surface area contributed by atoms with E-state index in [9.17, 15) is 4.79 Å². The molecule has 1 atom stereocenters. The molecule has 0 fully saturated rings. The van der Waals surface area contributed by atoms with E-state index in [1.54, 1.807) is 4.90 Å². The molecule has 6 heteroatoms. The van der Waals surface area contributed by atoms with Crippen molar-refractivity contribution in [3.05, 3.63) is 54.0 Å². The second-order valence-corrected chi connectivity index (χ2v) is 6.21. The summed E-state index contributed by atoms with van der Waals surface area (Å²) in [6.45, 7) is 8.08. The van der Waals surface area contributed by atoms with E-state index in [0.29, 0.717) is 13.1 Å². The first-order chi connectivity index (χ1) is 12.1. The molecule has 2 aromatic heterocycles. The first-order valence-corrected chi connectivity index (χ1v) is 8.74. The minimum Gasteiger partial charge on any atom is -0.361 e. The zero-order valence-corrected chi connectivity index (χ0v) is 15.0. The van der Waals surface area contributed by atoms with Gasteiger partial charge in [-0.1, -0.05) is 6.07 Å². The van der Waals surface area contributed by atoms with Gasteiger partial charge in [0.2, 0.25) is 0 Å². The molecule has 2 heterocycles. The monoisotopic (exact) mass is 339 g/mol. The molecule has 0 saturated carbocycles. The maximum absolute atomic E-state index is 12.6. The summed E-state index contributed by atoms with van der Waals surface area (Å²) in [7, 11) is 0. The summed E-state index contributed by atoms with van der Waals surface area (Å²) in [4.78, 5) is 17.6. The maximum atomic E-state index is 12.6. The molecule has 0 aliphatic carbocycles. The number of hydrogen-bond acceptors (Lipinski definition) is 2. The van der Waals surface area contributed by atoms with Crippen molar-refractivity contribution >= 4 is 16.9 Å². The van der Waals surface area contributed by atoms with Crippen LogP contribution in [0.4, 0.5) is 4.79 Å². The van der Waals surface area contributed by atoms with Gasteiger partial charge in [-0.2, -0.15) is 5.10 Å². The van der Waals surface area contributed by atoms with Crippen LogP contribution < -0.4 is 5.32 Å². The van der Waals surface area contributed by atoms with E-state index < -0.39 is 0 Å². The molecule has 2 N–H and O–H groups in total. The summed E-state index contributed by atoms with van der Waals surface area (Å²) in [5, 5.41) is 8.51. The maximum Gasteiger partial charge on any atom is 0.318 e. The highest BCUT2D eigenvalue weighted by molar-refractivity contribution is 5.80.